The molecule has 162 valence electrons. The largest absolute Gasteiger partial charge is 0.467 e. The van der Waals surface area contributed by atoms with Gasteiger partial charge in [0.25, 0.3) is 0 Å². The first kappa shape index (κ1) is 22.1. The van der Waals surface area contributed by atoms with Crippen LogP contribution in [0.5, 0.6) is 0 Å². The van der Waals surface area contributed by atoms with Gasteiger partial charge in [-0.05, 0) is 18.4 Å². The van der Waals surface area contributed by atoms with Gasteiger partial charge in [0, 0.05) is 13.0 Å². The van der Waals surface area contributed by atoms with Crippen LogP contribution in [0.1, 0.15) is 32.8 Å². The first-order valence-electron chi connectivity index (χ1n) is 9.99. The number of methoxy groups -OCH3 is 1. The fraction of sp³-hybridized carbons (Fsp3) is 0.667. The van der Waals surface area contributed by atoms with Crippen molar-refractivity contribution >= 4 is 5.97 Å². The van der Waals surface area contributed by atoms with Gasteiger partial charge in [-0.2, -0.15) is 5.06 Å². The van der Waals surface area contributed by atoms with Crippen LogP contribution >= 0.6 is 0 Å². The number of aliphatic hydroxyl groups excluding tert-OH is 2. The molecule has 3 rings (SSSR count). The minimum Gasteiger partial charge on any atom is -0.467 e. The Morgan fingerprint density at radius 2 is 2.03 bits per heavy atom. The van der Waals surface area contributed by atoms with Crippen LogP contribution in [0.4, 0.5) is 0 Å². The van der Waals surface area contributed by atoms with E-state index in [1.54, 1.807) is 12.0 Å². The van der Waals surface area contributed by atoms with Crippen LogP contribution in [0.15, 0.2) is 30.3 Å². The van der Waals surface area contributed by atoms with E-state index in [4.69, 9.17) is 19.0 Å². The summed E-state index contributed by atoms with van der Waals surface area (Å²) in [6.45, 7) is 5.87. The van der Waals surface area contributed by atoms with Gasteiger partial charge in [-0.3, -0.25) is 4.84 Å². The molecule has 2 N–H and O–H groups in total. The third-order valence-corrected chi connectivity index (χ3v) is 5.59. The lowest BCUT2D eigenvalue weighted by Crippen LogP contribution is -2.54. The van der Waals surface area contributed by atoms with Gasteiger partial charge in [-0.15, -0.1) is 0 Å². The maximum absolute atomic E-state index is 12.8. The van der Waals surface area contributed by atoms with E-state index >= 15 is 0 Å². The summed E-state index contributed by atoms with van der Waals surface area (Å²) >= 11 is 0. The molecule has 2 fully saturated rings. The van der Waals surface area contributed by atoms with Crippen molar-refractivity contribution in [1.82, 2.24) is 5.06 Å². The molecule has 0 unspecified atom stereocenters. The Kier molecular flexibility index (Phi) is 6.93. The van der Waals surface area contributed by atoms with Crippen LogP contribution in [0.25, 0.3) is 0 Å². The van der Waals surface area contributed by atoms with Gasteiger partial charge in [0.1, 0.15) is 12.2 Å². The summed E-state index contributed by atoms with van der Waals surface area (Å²) < 4.78 is 16.2. The lowest BCUT2D eigenvalue weighted by molar-refractivity contribution is -0.286. The molecule has 0 radical (unpaired) electrons. The monoisotopic (exact) mass is 409 g/mol. The molecule has 8 nitrogen and oxygen atoms in total. The van der Waals surface area contributed by atoms with E-state index in [1.165, 1.54) is 7.11 Å². The summed E-state index contributed by atoms with van der Waals surface area (Å²) in [7, 11) is 1.28. The lowest BCUT2D eigenvalue weighted by Gasteiger charge is -2.38. The summed E-state index contributed by atoms with van der Waals surface area (Å²) in [6, 6.07) is 9.16. The highest BCUT2D eigenvalue weighted by Gasteiger charge is 2.60. The topological polar surface area (TPSA) is 97.7 Å². The van der Waals surface area contributed by atoms with E-state index in [2.05, 4.69) is 0 Å². The third kappa shape index (κ3) is 4.47. The molecule has 0 saturated carbocycles. The highest BCUT2D eigenvalue weighted by Crippen LogP contribution is 2.41. The van der Waals surface area contributed by atoms with Crippen molar-refractivity contribution in [3.8, 4) is 0 Å². The number of nitrogens with zero attached hydrogens (tertiary/aromatic N) is 1. The van der Waals surface area contributed by atoms with Crippen LogP contribution in [0.3, 0.4) is 0 Å². The van der Waals surface area contributed by atoms with Crippen molar-refractivity contribution < 1.29 is 34.1 Å². The second kappa shape index (κ2) is 9.07. The molecule has 2 aliphatic heterocycles. The second-order valence-corrected chi connectivity index (χ2v) is 8.06. The lowest BCUT2D eigenvalue weighted by atomic mass is 9.82. The predicted octanol–water partition coefficient (Wildman–Crippen LogP) is 1.24. The molecule has 29 heavy (non-hydrogen) atoms. The second-order valence-electron chi connectivity index (χ2n) is 8.06. The SMILES string of the molecule is COC(=O)[C@@]1([C@@H](O)C(C)C)C[C@@H]([C@@H]2O[C@H](C)OC[C@H]2O)N(Cc2ccccc2)O1. The van der Waals surface area contributed by atoms with E-state index in [9.17, 15) is 15.0 Å². The number of hydrogen-bond donors (Lipinski definition) is 2. The Morgan fingerprint density at radius 1 is 1.34 bits per heavy atom. The first-order valence-corrected chi connectivity index (χ1v) is 9.99. The molecule has 0 aromatic heterocycles. The van der Waals surface area contributed by atoms with Gasteiger partial charge < -0.3 is 24.4 Å². The summed E-state index contributed by atoms with van der Waals surface area (Å²) in [4.78, 5) is 18.9. The van der Waals surface area contributed by atoms with Crippen LogP contribution in [0, 0.1) is 5.92 Å². The number of hydroxylamine groups is 2. The van der Waals surface area contributed by atoms with E-state index in [0.29, 0.717) is 6.54 Å². The van der Waals surface area contributed by atoms with Gasteiger partial charge in [-0.1, -0.05) is 44.2 Å². The Labute approximate surface area is 171 Å². The van der Waals surface area contributed by atoms with Gasteiger partial charge >= 0.3 is 5.97 Å². The molecule has 2 heterocycles. The Morgan fingerprint density at radius 3 is 2.66 bits per heavy atom. The first-order chi connectivity index (χ1) is 13.8. The molecular formula is C21H31NO7. The predicted molar refractivity (Wildman–Crippen MR) is 103 cm³/mol. The Bertz CT molecular complexity index is 685. The molecule has 6 atom stereocenters. The number of carbonyl (C=O) groups excluding carboxylic acids is 1. The number of rotatable bonds is 6. The Balaban J connectivity index is 1.96. The fourth-order valence-corrected chi connectivity index (χ4v) is 4.07. The van der Waals surface area contributed by atoms with Gasteiger partial charge in [-0.25, -0.2) is 4.79 Å². The minimum atomic E-state index is -1.58. The Hall–Kier alpha value is -1.55. The van der Waals surface area contributed by atoms with Crippen molar-refractivity contribution in [2.45, 2.75) is 70.0 Å². The van der Waals surface area contributed by atoms with Crippen molar-refractivity contribution in [2.24, 2.45) is 5.92 Å². The number of benzene rings is 1. The van der Waals surface area contributed by atoms with Crippen LogP contribution in [0.2, 0.25) is 0 Å². The molecular weight excluding hydrogens is 378 g/mol. The number of esters is 1. The zero-order valence-electron chi connectivity index (χ0n) is 17.4. The summed E-state index contributed by atoms with van der Waals surface area (Å²) in [6.07, 6.45) is -2.99. The molecule has 0 bridgehead atoms. The molecule has 0 amide bonds. The average molecular weight is 409 g/mol. The highest BCUT2D eigenvalue weighted by atomic mass is 16.7. The van der Waals surface area contributed by atoms with Gasteiger partial charge in [0.05, 0.1) is 25.9 Å². The van der Waals surface area contributed by atoms with Crippen molar-refractivity contribution in [2.75, 3.05) is 13.7 Å². The number of aliphatic hydroxyl groups is 2. The molecule has 0 aliphatic carbocycles. The van der Waals surface area contributed by atoms with Crippen molar-refractivity contribution in [1.29, 1.82) is 0 Å². The van der Waals surface area contributed by atoms with E-state index in [0.717, 1.165) is 5.56 Å². The van der Waals surface area contributed by atoms with Crippen LogP contribution in [-0.4, -0.2) is 71.2 Å². The molecule has 0 spiro atoms. The number of carbonyl (C=O) groups is 1. The quantitative estimate of drug-likeness (QED) is 0.678. The minimum absolute atomic E-state index is 0.124. The highest BCUT2D eigenvalue weighted by molar-refractivity contribution is 5.81. The normalized spacial score (nSPS) is 34.3. The standard InChI is InChI=1S/C21H31NO7/c1-13(2)19(24)21(20(25)26-4)10-16(18-17(23)12-27-14(3)28-18)22(29-21)11-15-8-6-5-7-9-15/h5-9,13-14,16-19,23-24H,10-12H2,1-4H3/t14-,16+,17-,18+,19+,21+/m1/s1. The smallest absolute Gasteiger partial charge is 0.343 e. The molecule has 1 aromatic carbocycles. The van der Waals surface area contributed by atoms with Gasteiger partial charge in [0.2, 0.25) is 5.60 Å². The zero-order chi connectivity index (χ0) is 21.2. The van der Waals surface area contributed by atoms with E-state index in [-0.39, 0.29) is 18.9 Å². The molecule has 2 saturated heterocycles. The molecule has 1 aromatic rings. The number of ether oxygens (including phenoxy) is 3. The van der Waals surface area contributed by atoms with Gasteiger partial charge in [0.15, 0.2) is 6.29 Å². The molecule has 8 heteroatoms. The average Bonchev–Trinajstić information content (AvgIpc) is 3.09. The van der Waals surface area contributed by atoms with Crippen LogP contribution < -0.4 is 0 Å². The zero-order valence-corrected chi connectivity index (χ0v) is 17.4. The van der Waals surface area contributed by atoms with E-state index in [1.807, 2.05) is 44.2 Å². The molecule has 2 aliphatic rings. The fourth-order valence-electron chi connectivity index (χ4n) is 4.07. The summed E-state index contributed by atoms with van der Waals surface area (Å²) in [5.74, 6) is -0.889. The summed E-state index contributed by atoms with van der Waals surface area (Å²) in [5.41, 5.74) is -0.612. The third-order valence-electron chi connectivity index (χ3n) is 5.59. The maximum Gasteiger partial charge on any atom is 0.343 e. The van der Waals surface area contributed by atoms with Crippen LogP contribution in [-0.2, 0) is 30.4 Å². The maximum atomic E-state index is 12.8. The summed E-state index contributed by atoms with van der Waals surface area (Å²) in [5, 5.41) is 23.1. The van der Waals surface area contributed by atoms with Crippen molar-refractivity contribution in [3.05, 3.63) is 35.9 Å². The van der Waals surface area contributed by atoms with E-state index < -0.39 is 42.2 Å². The van der Waals surface area contributed by atoms with Crippen molar-refractivity contribution in [3.63, 3.8) is 0 Å². The number of hydrogen-bond acceptors (Lipinski definition) is 8.